The maximum Gasteiger partial charge on any atom is 0.227 e. The van der Waals surface area contributed by atoms with Crippen molar-refractivity contribution in [2.45, 2.75) is 31.4 Å². The topological polar surface area (TPSA) is 70.1 Å². The molecule has 2 rings (SSSR count). The molecule has 6 nitrogen and oxygen atoms in total. The van der Waals surface area contributed by atoms with Crippen molar-refractivity contribution in [3.05, 3.63) is 0 Å². The van der Waals surface area contributed by atoms with Gasteiger partial charge >= 0.3 is 0 Å². The van der Waals surface area contributed by atoms with Crippen molar-refractivity contribution in [2.24, 2.45) is 5.92 Å². The van der Waals surface area contributed by atoms with Crippen LogP contribution in [-0.4, -0.2) is 72.7 Å². The summed E-state index contributed by atoms with van der Waals surface area (Å²) < 4.78 is 4.83. The molecule has 1 saturated carbocycles. The van der Waals surface area contributed by atoms with Gasteiger partial charge in [-0.2, -0.15) is 0 Å². The minimum Gasteiger partial charge on any atom is -0.389 e. The smallest absolute Gasteiger partial charge is 0.227 e. The molecule has 2 aliphatic rings. The SMILES string of the molecule is COCC(O)CN(C)C(=O)C1CC(=O)N(C2CC2)C1. The number of ether oxygens (including phenoxy) is 1. The van der Waals surface area contributed by atoms with Crippen LogP contribution < -0.4 is 0 Å². The zero-order chi connectivity index (χ0) is 14.0. The van der Waals surface area contributed by atoms with Gasteiger partial charge in [-0.25, -0.2) is 0 Å². The van der Waals surface area contributed by atoms with E-state index in [2.05, 4.69) is 0 Å². The number of nitrogens with zero attached hydrogens (tertiary/aromatic N) is 2. The van der Waals surface area contributed by atoms with E-state index in [1.165, 1.54) is 12.0 Å². The molecule has 0 aromatic carbocycles. The molecule has 2 atom stereocenters. The Morgan fingerprint density at radius 1 is 1.58 bits per heavy atom. The number of hydrogen-bond donors (Lipinski definition) is 1. The average Bonchev–Trinajstić information content (AvgIpc) is 3.12. The second kappa shape index (κ2) is 5.88. The lowest BCUT2D eigenvalue weighted by Crippen LogP contribution is -2.40. The highest BCUT2D eigenvalue weighted by Crippen LogP contribution is 2.33. The average molecular weight is 270 g/mol. The van der Waals surface area contributed by atoms with Crippen LogP contribution in [0.4, 0.5) is 0 Å². The van der Waals surface area contributed by atoms with Gasteiger partial charge in [-0.1, -0.05) is 0 Å². The van der Waals surface area contributed by atoms with E-state index in [4.69, 9.17) is 4.74 Å². The second-order valence-corrected chi connectivity index (χ2v) is 5.51. The van der Waals surface area contributed by atoms with Gasteiger partial charge in [0.05, 0.1) is 18.6 Å². The molecule has 0 radical (unpaired) electrons. The zero-order valence-electron chi connectivity index (χ0n) is 11.5. The van der Waals surface area contributed by atoms with Gasteiger partial charge in [0.25, 0.3) is 0 Å². The van der Waals surface area contributed by atoms with E-state index >= 15 is 0 Å². The number of aliphatic hydroxyl groups is 1. The maximum atomic E-state index is 12.2. The Morgan fingerprint density at radius 2 is 2.26 bits per heavy atom. The van der Waals surface area contributed by atoms with Crippen molar-refractivity contribution in [1.29, 1.82) is 0 Å². The summed E-state index contributed by atoms with van der Waals surface area (Å²) in [7, 11) is 3.17. The van der Waals surface area contributed by atoms with Crippen molar-refractivity contribution < 1.29 is 19.4 Å². The number of carbonyl (C=O) groups excluding carboxylic acids is 2. The van der Waals surface area contributed by atoms with Crippen LogP contribution in [0.5, 0.6) is 0 Å². The van der Waals surface area contributed by atoms with Gasteiger partial charge in [-0.15, -0.1) is 0 Å². The van der Waals surface area contributed by atoms with E-state index in [0.29, 0.717) is 19.0 Å². The second-order valence-electron chi connectivity index (χ2n) is 5.51. The lowest BCUT2D eigenvalue weighted by molar-refractivity contribution is -0.136. The van der Waals surface area contributed by atoms with Gasteiger partial charge in [0.2, 0.25) is 11.8 Å². The highest BCUT2D eigenvalue weighted by atomic mass is 16.5. The number of rotatable bonds is 6. The molecule has 1 aliphatic carbocycles. The van der Waals surface area contributed by atoms with Crippen LogP contribution >= 0.6 is 0 Å². The van der Waals surface area contributed by atoms with Crippen LogP contribution in [-0.2, 0) is 14.3 Å². The number of amides is 2. The molecule has 1 heterocycles. The summed E-state index contributed by atoms with van der Waals surface area (Å²) in [5.74, 6) is -0.230. The van der Waals surface area contributed by atoms with Gasteiger partial charge in [-0.05, 0) is 12.8 Å². The number of likely N-dealkylation sites (tertiary alicyclic amines) is 1. The van der Waals surface area contributed by atoms with Gasteiger partial charge in [0.15, 0.2) is 0 Å². The fraction of sp³-hybridized carbons (Fsp3) is 0.846. The quantitative estimate of drug-likeness (QED) is 0.704. The van der Waals surface area contributed by atoms with Crippen LogP contribution in [0, 0.1) is 5.92 Å². The molecule has 19 heavy (non-hydrogen) atoms. The lowest BCUT2D eigenvalue weighted by atomic mass is 10.1. The molecular weight excluding hydrogens is 248 g/mol. The molecule has 2 fully saturated rings. The van der Waals surface area contributed by atoms with E-state index in [-0.39, 0.29) is 30.9 Å². The molecule has 0 aromatic rings. The number of likely N-dealkylation sites (N-methyl/N-ethyl adjacent to an activating group) is 1. The monoisotopic (exact) mass is 270 g/mol. The summed E-state index contributed by atoms with van der Waals surface area (Å²) >= 11 is 0. The van der Waals surface area contributed by atoms with Gasteiger partial charge < -0.3 is 19.6 Å². The molecule has 1 saturated heterocycles. The predicted octanol–water partition coefficient (Wildman–Crippen LogP) is -0.537. The molecular formula is C13H22N2O4. The number of hydrogen-bond acceptors (Lipinski definition) is 4. The Labute approximate surface area is 113 Å². The zero-order valence-corrected chi connectivity index (χ0v) is 11.5. The summed E-state index contributed by atoms with van der Waals surface area (Å²) in [6.07, 6.45) is 1.75. The standard InChI is InChI=1S/C13H22N2O4/c1-14(7-11(16)8-19-2)13(18)9-5-12(17)15(6-9)10-3-4-10/h9-11,16H,3-8H2,1-2H3. The first kappa shape index (κ1) is 14.3. The predicted molar refractivity (Wildman–Crippen MR) is 68.4 cm³/mol. The molecule has 0 bridgehead atoms. The van der Waals surface area contributed by atoms with Gasteiger partial charge in [0, 0.05) is 39.7 Å². The first-order valence-electron chi connectivity index (χ1n) is 6.74. The van der Waals surface area contributed by atoms with Crippen molar-refractivity contribution in [3.63, 3.8) is 0 Å². The van der Waals surface area contributed by atoms with E-state index in [1.54, 1.807) is 7.05 Å². The number of carbonyl (C=O) groups is 2. The Hall–Kier alpha value is -1.14. The summed E-state index contributed by atoms with van der Waals surface area (Å²) in [5, 5.41) is 9.62. The fourth-order valence-corrected chi connectivity index (χ4v) is 2.60. The normalized spacial score (nSPS) is 24.7. The van der Waals surface area contributed by atoms with Crippen molar-refractivity contribution in [1.82, 2.24) is 9.80 Å². The first-order chi connectivity index (χ1) is 9.02. The molecule has 0 spiro atoms. The van der Waals surface area contributed by atoms with Gasteiger partial charge in [-0.3, -0.25) is 9.59 Å². The number of methoxy groups -OCH3 is 1. The van der Waals surface area contributed by atoms with Crippen LogP contribution in [0.15, 0.2) is 0 Å². The molecule has 6 heteroatoms. The van der Waals surface area contributed by atoms with Crippen molar-refractivity contribution >= 4 is 11.8 Å². The van der Waals surface area contributed by atoms with Crippen LogP contribution in [0.1, 0.15) is 19.3 Å². The van der Waals surface area contributed by atoms with Gasteiger partial charge in [0.1, 0.15) is 0 Å². The molecule has 108 valence electrons. The molecule has 1 aliphatic heterocycles. The molecule has 0 aromatic heterocycles. The Kier molecular flexibility index (Phi) is 4.42. The van der Waals surface area contributed by atoms with E-state index in [0.717, 1.165) is 12.8 Å². The van der Waals surface area contributed by atoms with Crippen LogP contribution in [0.3, 0.4) is 0 Å². The minimum absolute atomic E-state index is 0.0633. The fourth-order valence-electron chi connectivity index (χ4n) is 2.60. The van der Waals surface area contributed by atoms with Crippen molar-refractivity contribution in [3.8, 4) is 0 Å². The minimum atomic E-state index is -0.685. The number of aliphatic hydroxyl groups excluding tert-OH is 1. The summed E-state index contributed by atoms with van der Waals surface area (Å²) in [6, 6.07) is 0.370. The maximum absolute atomic E-state index is 12.2. The first-order valence-corrected chi connectivity index (χ1v) is 6.74. The van der Waals surface area contributed by atoms with E-state index in [1.807, 2.05) is 4.90 Å². The third-order valence-corrected chi connectivity index (χ3v) is 3.72. The van der Waals surface area contributed by atoms with Crippen LogP contribution in [0.25, 0.3) is 0 Å². The summed E-state index contributed by atoms with van der Waals surface area (Å²) in [5.41, 5.74) is 0. The van der Waals surface area contributed by atoms with Crippen molar-refractivity contribution in [2.75, 3.05) is 33.9 Å². The third-order valence-electron chi connectivity index (χ3n) is 3.72. The Bertz CT molecular complexity index is 357. The summed E-state index contributed by atoms with van der Waals surface area (Å²) in [6.45, 7) is 0.975. The van der Waals surface area contributed by atoms with E-state index < -0.39 is 6.10 Å². The Morgan fingerprint density at radius 3 is 2.84 bits per heavy atom. The highest BCUT2D eigenvalue weighted by molar-refractivity contribution is 5.89. The lowest BCUT2D eigenvalue weighted by Gasteiger charge is -2.23. The highest BCUT2D eigenvalue weighted by Gasteiger charge is 2.42. The molecule has 2 unspecified atom stereocenters. The van der Waals surface area contributed by atoms with Crippen LogP contribution in [0.2, 0.25) is 0 Å². The molecule has 2 amide bonds. The Balaban J connectivity index is 1.84. The molecule has 1 N–H and O–H groups in total. The summed E-state index contributed by atoms with van der Waals surface area (Å²) in [4.78, 5) is 27.4. The van der Waals surface area contributed by atoms with E-state index in [9.17, 15) is 14.7 Å². The third kappa shape index (κ3) is 3.45. The largest absolute Gasteiger partial charge is 0.389 e.